The maximum atomic E-state index is 5.29. The molecule has 0 aromatic heterocycles. The van der Waals surface area contributed by atoms with Gasteiger partial charge in [0.15, 0.2) is 0 Å². The molecule has 0 spiro atoms. The number of rotatable bonds is 3. The van der Waals surface area contributed by atoms with Gasteiger partial charge in [0, 0.05) is 0 Å². The van der Waals surface area contributed by atoms with Crippen LogP contribution in [0, 0.1) is 13.8 Å². The second kappa shape index (κ2) is 5.39. The van der Waals surface area contributed by atoms with Gasteiger partial charge in [0.1, 0.15) is 0 Å². The first-order valence-electron chi connectivity index (χ1n) is 5.59. The van der Waals surface area contributed by atoms with Gasteiger partial charge in [-0.05, 0) is 0 Å². The van der Waals surface area contributed by atoms with Crippen molar-refractivity contribution in [1.82, 2.24) is 0 Å². The summed E-state index contributed by atoms with van der Waals surface area (Å²) in [5.74, 6) is 0.951. The van der Waals surface area contributed by atoms with Crippen molar-refractivity contribution in [3.8, 4) is 5.75 Å². The summed E-state index contributed by atoms with van der Waals surface area (Å²) in [5, 5.41) is 0. The van der Waals surface area contributed by atoms with Crippen LogP contribution >= 0.6 is 0 Å². The quantitative estimate of drug-likeness (QED) is 0.786. The molecule has 17 heavy (non-hydrogen) atoms. The van der Waals surface area contributed by atoms with Crippen LogP contribution in [0.2, 0.25) is 0 Å². The molecule has 2 rings (SSSR count). The Labute approximate surface area is 109 Å². The molecule has 0 heterocycles. The molecule has 0 bridgehead atoms. The molecule has 0 aliphatic heterocycles. The van der Waals surface area contributed by atoms with Crippen molar-refractivity contribution in [1.29, 1.82) is 0 Å². The SMILES string of the molecule is COc1cc(C)c([Se]c2ccccc2)c(C)c1. The molecular weight excluding hydrogens is 275 g/mol. The van der Waals surface area contributed by atoms with E-state index in [4.69, 9.17) is 4.74 Å². The summed E-state index contributed by atoms with van der Waals surface area (Å²) in [7, 11) is 1.72. The third kappa shape index (κ3) is 2.91. The van der Waals surface area contributed by atoms with Crippen LogP contribution in [0.3, 0.4) is 0 Å². The van der Waals surface area contributed by atoms with Gasteiger partial charge in [0.25, 0.3) is 0 Å². The molecule has 0 atom stereocenters. The van der Waals surface area contributed by atoms with Crippen molar-refractivity contribution >= 4 is 23.9 Å². The minimum atomic E-state index is 0.377. The maximum absolute atomic E-state index is 5.29. The summed E-state index contributed by atoms with van der Waals surface area (Å²) in [6, 6.07) is 14.9. The Bertz CT molecular complexity index is 483. The topological polar surface area (TPSA) is 9.23 Å². The van der Waals surface area contributed by atoms with E-state index in [0.29, 0.717) is 15.0 Å². The van der Waals surface area contributed by atoms with Crippen LogP contribution in [0.15, 0.2) is 42.5 Å². The molecule has 2 aromatic carbocycles. The van der Waals surface area contributed by atoms with Crippen molar-refractivity contribution in [3.05, 3.63) is 53.6 Å². The molecule has 0 unspecified atom stereocenters. The van der Waals surface area contributed by atoms with Gasteiger partial charge in [-0.25, -0.2) is 0 Å². The van der Waals surface area contributed by atoms with E-state index in [2.05, 4.69) is 56.3 Å². The summed E-state index contributed by atoms with van der Waals surface area (Å²) in [4.78, 5) is 0. The molecule has 0 aliphatic rings. The Hall–Kier alpha value is -1.24. The zero-order valence-electron chi connectivity index (χ0n) is 10.4. The van der Waals surface area contributed by atoms with Crippen LogP contribution in [-0.2, 0) is 0 Å². The summed E-state index contributed by atoms with van der Waals surface area (Å²) in [6.07, 6.45) is 0. The van der Waals surface area contributed by atoms with Gasteiger partial charge in [-0.3, -0.25) is 0 Å². The number of benzene rings is 2. The van der Waals surface area contributed by atoms with Crippen LogP contribution < -0.4 is 13.7 Å². The van der Waals surface area contributed by atoms with E-state index in [1.54, 1.807) is 7.11 Å². The average molecular weight is 291 g/mol. The van der Waals surface area contributed by atoms with E-state index in [9.17, 15) is 0 Å². The Balaban J connectivity index is 2.33. The summed E-state index contributed by atoms with van der Waals surface area (Å²) >= 11 is 0.377. The molecule has 0 aliphatic carbocycles. The molecule has 0 saturated heterocycles. The molecule has 2 heteroatoms. The average Bonchev–Trinajstić information content (AvgIpc) is 2.35. The van der Waals surface area contributed by atoms with E-state index in [1.807, 2.05) is 0 Å². The Morgan fingerprint density at radius 2 is 1.53 bits per heavy atom. The Morgan fingerprint density at radius 3 is 2.06 bits per heavy atom. The Kier molecular flexibility index (Phi) is 3.88. The van der Waals surface area contributed by atoms with E-state index in [0.717, 1.165) is 5.75 Å². The van der Waals surface area contributed by atoms with E-state index >= 15 is 0 Å². The second-order valence-corrected chi connectivity index (χ2v) is 6.28. The molecule has 0 fully saturated rings. The Morgan fingerprint density at radius 1 is 0.941 bits per heavy atom. The fourth-order valence-electron chi connectivity index (χ4n) is 1.80. The van der Waals surface area contributed by atoms with Crippen LogP contribution in [0.4, 0.5) is 0 Å². The molecule has 0 amide bonds. The predicted molar refractivity (Wildman–Crippen MR) is 73.9 cm³/mol. The van der Waals surface area contributed by atoms with E-state index < -0.39 is 0 Å². The first-order chi connectivity index (χ1) is 8.20. The summed E-state index contributed by atoms with van der Waals surface area (Å²) < 4.78 is 8.16. The first-order valence-corrected chi connectivity index (χ1v) is 7.30. The minimum absolute atomic E-state index is 0.377. The van der Waals surface area contributed by atoms with E-state index in [-0.39, 0.29) is 0 Å². The second-order valence-electron chi connectivity index (χ2n) is 4.01. The number of methoxy groups -OCH3 is 1. The number of ether oxygens (including phenoxy) is 1. The molecule has 88 valence electrons. The van der Waals surface area contributed by atoms with Crippen LogP contribution in [0.1, 0.15) is 11.1 Å². The summed E-state index contributed by atoms with van der Waals surface area (Å²) in [6.45, 7) is 4.32. The van der Waals surface area contributed by atoms with Gasteiger partial charge in [-0.1, -0.05) is 0 Å². The zero-order valence-corrected chi connectivity index (χ0v) is 12.1. The van der Waals surface area contributed by atoms with Crippen LogP contribution in [0.25, 0.3) is 0 Å². The van der Waals surface area contributed by atoms with Gasteiger partial charge in [0.2, 0.25) is 0 Å². The van der Waals surface area contributed by atoms with Gasteiger partial charge >= 0.3 is 109 Å². The van der Waals surface area contributed by atoms with Crippen molar-refractivity contribution in [2.45, 2.75) is 13.8 Å². The first kappa shape index (κ1) is 12.2. The molecule has 0 N–H and O–H groups in total. The van der Waals surface area contributed by atoms with Crippen molar-refractivity contribution in [3.63, 3.8) is 0 Å². The van der Waals surface area contributed by atoms with Gasteiger partial charge in [-0.2, -0.15) is 0 Å². The number of hydrogen-bond donors (Lipinski definition) is 0. The third-order valence-electron chi connectivity index (χ3n) is 2.63. The van der Waals surface area contributed by atoms with Crippen LogP contribution in [-0.4, -0.2) is 22.1 Å². The fourth-order valence-corrected chi connectivity index (χ4v) is 3.83. The molecule has 0 radical (unpaired) electrons. The summed E-state index contributed by atoms with van der Waals surface area (Å²) in [5.41, 5.74) is 2.65. The molecule has 2 aromatic rings. The molecule has 0 saturated carbocycles. The predicted octanol–water partition coefficient (Wildman–Crippen LogP) is 1.97. The van der Waals surface area contributed by atoms with Gasteiger partial charge in [0.05, 0.1) is 0 Å². The third-order valence-corrected chi connectivity index (χ3v) is 5.48. The van der Waals surface area contributed by atoms with E-state index in [1.165, 1.54) is 20.1 Å². The zero-order chi connectivity index (χ0) is 12.3. The molecular formula is C15H16OSe. The number of aryl methyl sites for hydroxylation is 2. The van der Waals surface area contributed by atoms with Crippen molar-refractivity contribution in [2.75, 3.05) is 7.11 Å². The van der Waals surface area contributed by atoms with Crippen molar-refractivity contribution in [2.24, 2.45) is 0 Å². The van der Waals surface area contributed by atoms with Gasteiger partial charge < -0.3 is 0 Å². The monoisotopic (exact) mass is 292 g/mol. The van der Waals surface area contributed by atoms with Gasteiger partial charge in [-0.15, -0.1) is 0 Å². The fraction of sp³-hybridized carbons (Fsp3) is 0.200. The molecule has 1 nitrogen and oxygen atoms in total. The van der Waals surface area contributed by atoms with Crippen molar-refractivity contribution < 1.29 is 4.74 Å². The standard InChI is InChI=1S/C15H16OSe/c1-11-9-13(16-3)10-12(2)15(11)17-14-7-5-4-6-8-14/h4-10H,1-3H3. The normalized spacial score (nSPS) is 10.3. The number of hydrogen-bond acceptors (Lipinski definition) is 1. The van der Waals surface area contributed by atoms with Crippen LogP contribution in [0.5, 0.6) is 5.75 Å².